The highest BCUT2D eigenvalue weighted by Crippen LogP contribution is 2.22. The van der Waals surface area contributed by atoms with Crippen molar-refractivity contribution in [3.05, 3.63) is 47.5 Å². The van der Waals surface area contributed by atoms with Crippen LogP contribution in [0.3, 0.4) is 0 Å². The number of hydrogen-bond acceptors (Lipinski definition) is 2. The molecule has 2 aromatic rings. The van der Waals surface area contributed by atoms with Gasteiger partial charge in [-0.1, -0.05) is 11.6 Å². The molecule has 0 aliphatic heterocycles. The van der Waals surface area contributed by atoms with Crippen LogP contribution in [0.1, 0.15) is 5.56 Å². The summed E-state index contributed by atoms with van der Waals surface area (Å²) in [6.45, 7) is 0.576. The third-order valence-electron chi connectivity index (χ3n) is 1.95. The van der Waals surface area contributed by atoms with Crippen molar-refractivity contribution in [2.75, 3.05) is 0 Å². The van der Waals surface area contributed by atoms with Gasteiger partial charge in [0.05, 0.1) is 12.9 Å². The number of rotatable bonds is 2. The second-order valence-corrected chi connectivity index (χ2v) is 3.44. The molecule has 72 valence electrons. The predicted molar refractivity (Wildman–Crippen MR) is 54.4 cm³/mol. The van der Waals surface area contributed by atoms with E-state index in [1.807, 2.05) is 10.8 Å². The van der Waals surface area contributed by atoms with E-state index in [1.54, 1.807) is 30.7 Å². The number of benzene rings is 1. The fourth-order valence-electron chi connectivity index (χ4n) is 1.26. The Bertz CT molecular complexity index is 426. The van der Waals surface area contributed by atoms with Crippen molar-refractivity contribution in [1.82, 2.24) is 9.55 Å². The highest BCUT2D eigenvalue weighted by molar-refractivity contribution is 6.30. The minimum atomic E-state index is 0.253. The Kier molecular flexibility index (Phi) is 2.41. The van der Waals surface area contributed by atoms with Gasteiger partial charge < -0.3 is 9.67 Å². The molecule has 2 rings (SSSR count). The highest BCUT2D eigenvalue weighted by atomic mass is 35.5. The molecule has 0 spiro atoms. The number of aromatic hydroxyl groups is 1. The van der Waals surface area contributed by atoms with Gasteiger partial charge >= 0.3 is 0 Å². The molecule has 0 atom stereocenters. The third-order valence-corrected chi connectivity index (χ3v) is 2.19. The van der Waals surface area contributed by atoms with Crippen LogP contribution in [0.15, 0.2) is 36.9 Å². The van der Waals surface area contributed by atoms with E-state index in [-0.39, 0.29) is 5.75 Å². The molecule has 0 fully saturated rings. The smallest absolute Gasteiger partial charge is 0.120 e. The lowest BCUT2D eigenvalue weighted by Gasteiger charge is -2.05. The van der Waals surface area contributed by atoms with Crippen LogP contribution in [-0.4, -0.2) is 14.7 Å². The molecule has 1 heterocycles. The Morgan fingerprint density at radius 3 is 3.00 bits per heavy atom. The lowest BCUT2D eigenvalue weighted by molar-refractivity contribution is 0.466. The van der Waals surface area contributed by atoms with Gasteiger partial charge in [-0.25, -0.2) is 4.98 Å². The van der Waals surface area contributed by atoms with Crippen LogP contribution in [0, 0.1) is 0 Å². The summed E-state index contributed by atoms with van der Waals surface area (Å²) >= 11 is 5.82. The number of nitrogens with zero attached hydrogens (tertiary/aromatic N) is 2. The van der Waals surface area contributed by atoms with Gasteiger partial charge in [0.25, 0.3) is 0 Å². The molecule has 0 amide bonds. The van der Waals surface area contributed by atoms with Crippen molar-refractivity contribution < 1.29 is 5.11 Å². The summed E-state index contributed by atoms with van der Waals surface area (Å²) in [5.41, 5.74) is 0.788. The van der Waals surface area contributed by atoms with Gasteiger partial charge in [-0.15, -0.1) is 0 Å². The van der Waals surface area contributed by atoms with Crippen molar-refractivity contribution in [3.63, 3.8) is 0 Å². The molecule has 0 aliphatic carbocycles. The first-order valence-electron chi connectivity index (χ1n) is 4.19. The van der Waals surface area contributed by atoms with E-state index in [2.05, 4.69) is 4.98 Å². The first kappa shape index (κ1) is 9.09. The maximum Gasteiger partial charge on any atom is 0.120 e. The average Bonchev–Trinajstić information content (AvgIpc) is 2.64. The minimum absolute atomic E-state index is 0.253. The van der Waals surface area contributed by atoms with Gasteiger partial charge in [-0.2, -0.15) is 0 Å². The Morgan fingerprint density at radius 2 is 2.29 bits per heavy atom. The number of halogens is 1. The Hall–Kier alpha value is -1.48. The fourth-order valence-corrected chi connectivity index (χ4v) is 1.45. The molecular formula is C10H9ClN2O. The zero-order valence-electron chi connectivity index (χ0n) is 7.39. The molecule has 0 saturated carbocycles. The Morgan fingerprint density at radius 1 is 1.43 bits per heavy atom. The third kappa shape index (κ3) is 1.88. The van der Waals surface area contributed by atoms with E-state index in [4.69, 9.17) is 11.6 Å². The van der Waals surface area contributed by atoms with E-state index in [0.717, 1.165) is 5.56 Å². The lowest BCUT2D eigenvalue weighted by Crippen LogP contribution is -1.96. The highest BCUT2D eigenvalue weighted by Gasteiger charge is 2.02. The van der Waals surface area contributed by atoms with E-state index < -0.39 is 0 Å². The SMILES string of the molecule is Oc1ccc(Cl)cc1Cn1ccnc1. The predicted octanol–water partition coefficient (Wildman–Crippen LogP) is 2.29. The van der Waals surface area contributed by atoms with Crippen LogP contribution < -0.4 is 0 Å². The van der Waals surface area contributed by atoms with Crippen molar-refractivity contribution in [2.24, 2.45) is 0 Å². The van der Waals surface area contributed by atoms with Gasteiger partial charge in [-0.3, -0.25) is 0 Å². The van der Waals surface area contributed by atoms with Crippen molar-refractivity contribution >= 4 is 11.6 Å². The molecule has 3 nitrogen and oxygen atoms in total. The van der Waals surface area contributed by atoms with Gasteiger partial charge in [-0.05, 0) is 18.2 Å². The van der Waals surface area contributed by atoms with Crippen LogP contribution >= 0.6 is 11.6 Å². The number of phenols is 1. The molecule has 0 unspecified atom stereocenters. The van der Waals surface area contributed by atoms with Gasteiger partial charge in [0.15, 0.2) is 0 Å². The summed E-state index contributed by atoms with van der Waals surface area (Å²) < 4.78 is 1.87. The standard InChI is InChI=1S/C10H9ClN2O/c11-9-1-2-10(14)8(5-9)6-13-4-3-12-7-13/h1-5,7,14H,6H2. The van der Waals surface area contributed by atoms with Crippen LogP contribution in [-0.2, 0) is 6.54 Å². The van der Waals surface area contributed by atoms with E-state index in [1.165, 1.54) is 0 Å². The summed E-state index contributed by atoms with van der Waals surface area (Å²) in [5, 5.41) is 10.2. The summed E-state index contributed by atoms with van der Waals surface area (Å²) in [5.74, 6) is 0.253. The number of aromatic nitrogens is 2. The zero-order chi connectivity index (χ0) is 9.97. The monoisotopic (exact) mass is 208 g/mol. The van der Waals surface area contributed by atoms with Crippen LogP contribution in [0.2, 0.25) is 5.02 Å². The normalized spacial score (nSPS) is 10.4. The Balaban J connectivity index is 2.28. The molecule has 0 radical (unpaired) electrons. The van der Waals surface area contributed by atoms with Crippen molar-refractivity contribution in [3.8, 4) is 5.75 Å². The number of phenolic OH excluding ortho intramolecular Hbond substituents is 1. The summed E-state index contributed by atoms with van der Waals surface area (Å²) in [6.07, 6.45) is 5.22. The molecule has 0 saturated heterocycles. The van der Waals surface area contributed by atoms with E-state index >= 15 is 0 Å². The maximum absolute atomic E-state index is 9.54. The number of imidazole rings is 1. The van der Waals surface area contributed by atoms with Crippen LogP contribution in [0.5, 0.6) is 5.75 Å². The summed E-state index contributed by atoms with van der Waals surface area (Å²) in [6, 6.07) is 5.00. The Labute approximate surface area is 86.6 Å². The first-order chi connectivity index (χ1) is 6.75. The van der Waals surface area contributed by atoms with Crippen molar-refractivity contribution in [2.45, 2.75) is 6.54 Å². The second kappa shape index (κ2) is 3.72. The molecule has 0 bridgehead atoms. The molecule has 1 aromatic heterocycles. The molecule has 1 aromatic carbocycles. The fraction of sp³-hybridized carbons (Fsp3) is 0.100. The van der Waals surface area contributed by atoms with Gasteiger partial charge in [0.1, 0.15) is 5.75 Å². The zero-order valence-corrected chi connectivity index (χ0v) is 8.15. The molecule has 4 heteroatoms. The molecule has 14 heavy (non-hydrogen) atoms. The summed E-state index contributed by atoms with van der Waals surface area (Å²) in [4.78, 5) is 3.92. The minimum Gasteiger partial charge on any atom is -0.508 e. The van der Waals surface area contributed by atoms with E-state index in [0.29, 0.717) is 11.6 Å². The average molecular weight is 209 g/mol. The summed E-state index contributed by atoms with van der Waals surface area (Å²) in [7, 11) is 0. The lowest BCUT2D eigenvalue weighted by atomic mass is 10.2. The van der Waals surface area contributed by atoms with Crippen LogP contribution in [0.25, 0.3) is 0 Å². The topological polar surface area (TPSA) is 38.0 Å². The van der Waals surface area contributed by atoms with Crippen molar-refractivity contribution in [1.29, 1.82) is 0 Å². The first-order valence-corrected chi connectivity index (χ1v) is 4.56. The number of hydrogen-bond donors (Lipinski definition) is 1. The van der Waals surface area contributed by atoms with Gasteiger partial charge in [0.2, 0.25) is 0 Å². The maximum atomic E-state index is 9.54. The molecule has 0 aliphatic rings. The molecular weight excluding hydrogens is 200 g/mol. The quantitative estimate of drug-likeness (QED) is 0.823. The molecule has 1 N–H and O–H groups in total. The second-order valence-electron chi connectivity index (χ2n) is 3.01. The largest absolute Gasteiger partial charge is 0.508 e. The van der Waals surface area contributed by atoms with E-state index in [9.17, 15) is 5.11 Å². The van der Waals surface area contributed by atoms with Gasteiger partial charge in [0, 0.05) is 23.0 Å². The van der Waals surface area contributed by atoms with Crippen LogP contribution in [0.4, 0.5) is 0 Å².